The number of rotatable bonds is 2. The van der Waals surface area contributed by atoms with Crippen LogP contribution in [0, 0.1) is 5.92 Å². The van der Waals surface area contributed by atoms with Crippen molar-refractivity contribution in [2.45, 2.75) is 38.6 Å². The molecule has 3 rings (SSSR count). The Morgan fingerprint density at radius 2 is 2.20 bits per heavy atom. The van der Waals surface area contributed by atoms with Crippen LogP contribution in [0.2, 0.25) is 0 Å². The van der Waals surface area contributed by atoms with Gasteiger partial charge in [0.15, 0.2) is 5.82 Å². The van der Waals surface area contributed by atoms with Gasteiger partial charge in [0, 0.05) is 15.7 Å². The van der Waals surface area contributed by atoms with Crippen LogP contribution in [0.1, 0.15) is 38.6 Å². The Morgan fingerprint density at radius 1 is 1.35 bits per heavy atom. The molecule has 1 fully saturated rings. The second-order valence-electron chi connectivity index (χ2n) is 5.61. The fraction of sp³-hybridized carbons (Fsp3) is 0.500. The molecule has 0 bridgehead atoms. The summed E-state index contributed by atoms with van der Waals surface area (Å²) in [5, 5.41) is 12.3. The maximum atomic E-state index is 5.95. The Bertz CT molecular complexity index is 609. The van der Waals surface area contributed by atoms with Gasteiger partial charge < -0.3 is 5.73 Å². The zero-order valence-electron chi connectivity index (χ0n) is 11.5. The molecular weight excluding hydrogens is 318 g/mol. The van der Waals surface area contributed by atoms with Crippen LogP contribution < -0.4 is 5.73 Å². The van der Waals surface area contributed by atoms with Crippen LogP contribution in [0.4, 0.5) is 5.69 Å². The highest BCUT2D eigenvalue weighted by Gasteiger charge is 2.24. The summed E-state index contributed by atoms with van der Waals surface area (Å²) in [6.07, 6.45) is 4.84. The summed E-state index contributed by atoms with van der Waals surface area (Å²) >= 11 is 3.41. The van der Waals surface area contributed by atoms with Gasteiger partial charge >= 0.3 is 0 Å². The smallest absolute Gasteiger partial charge is 0.182 e. The fourth-order valence-corrected chi connectivity index (χ4v) is 3.18. The van der Waals surface area contributed by atoms with E-state index >= 15 is 0 Å². The van der Waals surface area contributed by atoms with E-state index < -0.39 is 0 Å². The number of tetrazole rings is 1. The van der Waals surface area contributed by atoms with Crippen LogP contribution in [0.15, 0.2) is 22.7 Å². The lowest BCUT2D eigenvalue weighted by Gasteiger charge is -2.27. The molecule has 2 aromatic rings. The monoisotopic (exact) mass is 335 g/mol. The number of hydrogen-bond donors (Lipinski definition) is 1. The van der Waals surface area contributed by atoms with Crippen molar-refractivity contribution in [2.24, 2.45) is 5.92 Å². The topological polar surface area (TPSA) is 69.6 Å². The SMILES string of the molecule is CC1CCCC(n2nnnc2-c2ccc(Br)c(N)c2)C1. The van der Waals surface area contributed by atoms with Gasteiger partial charge in [0.1, 0.15) is 0 Å². The standard InChI is InChI=1S/C14H18BrN5/c1-9-3-2-4-11(7-9)20-14(17-18-19-20)10-5-6-12(15)13(16)8-10/h5-6,8-9,11H,2-4,7,16H2,1H3. The molecule has 0 aliphatic heterocycles. The van der Waals surface area contributed by atoms with Crippen LogP contribution in [-0.2, 0) is 0 Å². The Labute approximate surface area is 126 Å². The van der Waals surface area contributed by atoms with E-state index in [0.29, 0.717) is 11.7 Å². The number of anilines is 1. The molecule has 0 spiro atoms. The molecule has 2 atom stereocenters. The minimum absolute atomic E-state index is 0.397. The van der Waals surface area contributed by atoms with Crippen LogP contribution in [0.5, 0.6) is 0 Å². The number of halogens is 1. The van der Waals surface area contributed by atoms with Crippen molar-refractivity contribution < 1.29 is 0 Å². The average molecular weight is 336 g/mol. The third-order valence-electron chi connectivity index (χ3n) is 4.00. The molecule has 0 radical (unpaired) electrons. The first kappa shape index (κ1) is 13.5. The molecule has 6 heteroatoms. The molecule has 20 heavy (non-hydrogen) atoms. The summed E-state index contributed by atoms with van der Waals surface area (Å²) in [5.74, 6) is 1.55. The van der Waals surface area contributed by atoms with Gasteiger partial charge in [-0.1, -0.05) is 19.8 Å². The molecule has 2 unspecified atom stereocenters. The van der Waals surface area contributed by atoms with E-state index in [0.717, 1.165) is 34.6 Å². The molecule has 0 saturated heterocycles. The number of nitrogens with zero attached hydrogens (tertiary/aromatic N) is 4. The van der Waals surface area contributed by atoms with E-state index in [1.165, 1.54) is 12.8 Å². The first-order valence-corrected chi connectivity index (χ1v) is 7.77. The minimum Gasteiger partial charge on any atom is -0.398 e. The summed E-state index contributed by atoms with van der Waals surface area (Å²) in [5.41, 5.74) is 7.62. The van der Waals surface area contributed by atoms with Crippen LogP contribution in [-0.4, -0.2) is 20.2 Å². The highest BCUT2D eigenvalue weighted by Crippen LogP contribution is 2.34. The molecule has 2 N–H and O–H groups in total. The Hall–Kier alpha value is -1.43. The van der Waals surface area contributed by atoms with Crippen molar-refractivity contribution in [2.75, 3.05) is 5.73 Å². The first-order valence-electron chi connectivity index (χ1n) is 6.98. The van der Waals surface area contributed by atoms with Gasteiger partial charge in [0.2, 0.25) is 0 Å². The van der Waals surface area contributed by atoms with Gasteiger partial charge in [-0.25, -0.2) is 4.68 Å². The zero-order valence-corrected chi connectivity index (χ0v) is 13.0. The molecule has 0 amide bonds. The third kappa shape index (κ3) is 2.57. The number of hydrogen-bond acceptors (Lipinski definition) is 4. The predicted octanol–water partition coefficient (Wildman–Crippen LogP) is 3.44. The van der Waals surface area contributed by atoms with Gasteiger partial charge in [-0.05, 0) is 63.3 Å². The maximum absolute atomic E-state index is 5.95. The lowest BCUT2D eigenvalue weighted by molar-refractivity contribution is 0.265. The summed E-state index contributed by atoms with van der Waals surface area (Å²) in [7, 11) is 0. The molecule has 1 saturated carbocycles. The van der Waals surface area contributed by atoms with Crippen LogP contribution >= 0.6 is 15.9 Å². The Morgan fingerprint density at radius 3 is 2.95 bits per heavy atom. The van der Waals surface area contributed by atoms with Gasteiger partial charge in [-0.15, -0.1) is 5.10 Å². The molecule has 5 nitrogen and oxygen atoms in total. The van der Waals surface area contributed by atoms with Gasteiger partial charge in [0.05, 0.1) is 6.04 Å². The lowest BCUT2D eigenvalue weighted by atomic mass is 9.87. The first-order chi connectivity index (χ1) is 9.65. The van der Waals surface area contributed by atoms with Gasteiger partial charge in [-0.2, -0.15) is 0 Å². The van der Waals surface area contributed by atoms with Crippen molar-refractivity contribution in [3.05, 3.63) is 22.7 Å². The summed E-state index contributed by atoms with van der Waals surface area (Å²) in [4.78, 5) is 0. The highest BCUT2D eigenvalue weighted by atomic mass is 79.9. The number of nitrogen functional groups attached to an aromatic ring is 1. The molecular formula is C14H18BrN5. The van der Waals surface area contributed by atoms with E-state index in [1.807, 2.05) is 22.9 Å². The summed E-state index contributed by atoms with van der Waals surface area (Å²) in [6, 6.07) is 6.24. The van der Waals surface area contributed by atoms with E-state index in [-0.39, 0.29) is 0 Å². The molecule has 1 heterocycles. The van der Waals surface area contributed by atoms with E-state index in [9.17, 15) is 0 Å². The zero-order chi connectivity index (χ0) is 14.1. The highest BCUT2D eigenvalue weighted by molar-refractivity contribution is 9.10. The van der Waals surface area contributed by atoms with E-state index in [2.05, 4.69) is 38.4 Å². The number of aromatic nitrogens is 4. The Kier molecular flexibility index (Phi) is 3.74. The predicted molar refractivity (Wildman–Crippen MR) is 82.0 cm³/mol. The van der Waals surface area contributed by atoms with Gasteiger partial charge in [-0.3, -0.25) is 0 Å². The normalized spacial score (nSPS) is 22.9. The van der Waals surface area contributed by atoms with Crippen molar-refractivity contribution in [1.82, 2.24) is 20.2 Å². The summed E-state index contributed by atoms with van der Waals surface area (Å²) in [6.45, 7) is 2.30. The third-order valence-corrected chi connectivity index (χ3v) is 4.72. The fourth-order valence-electron chi connectivity index (χ4n) is 2.94. The van der Waals surface area contributed by atoms with E-state index in [1.54, 1.807) is 0 Å². The number of nitrogens with two attached hydrogens (primary N) is 1. The van der Waals surface area contributed by atoms with Crippen LogP contribution in [0.3, 0.4) is 0 Å². The maximum Gasteiger partial charge on any atom is 0.182 e. The van der Waals surface area contributed by atoms with Crippen molar-refractivity contribution in [3.63, 3.8) is 0 Å². The molecule has 1 aliphatic rings. The Balaban J connectivity index is 1.95. The molecule has 1 aliphatic carbocycles. The molecule has 106 valence electrons. The largest absolute Gasteiger partial charge is 0.398 e. The molecule has 1 aromatic heterocycles. The second kappa shape index (κ2) is 5.52. The summed E-state index contributed by atoms with van der Waals surface area (Å²) < 4.78 is 2.87. The quantitative estimate of drug-likeness (QED) is 0.853. The van der Waals surface area contributed by atoms with Crippen LogP contribution in [0.25, 0.3) is 11.4 Å². The van der Waals surface area contributed by atoms with Crippen molar-refractivity contribution in [1.29, 1.82) is 0 Å². The minimum atomic E-state index is 0.397. The van der Waals surface area contributed by atoms with Gasteiger partial charge in [0.25, 0.3) is 0 Å². The van der Waals surface area contributed by atoms with Crippen molar-refractivity contribution >= 4 is 21.6 Å². The van der Waals surface area contributed by atoms with E-state index in [4.69, 9.17) is 5.73 Å². The second-order valence-corrected chi connectivity index (χ2v) is 6.46. The average Bonchev–Trinajstić information content (AvgIpc) is 2.91. The lowest BCUT2D eigenvalue weighted by Crippen LogP contribution is -2.19. The van der Waals surface area contributed by atoms with Crippen molar-refractivity contribution in [3.8, 4) is 11.4 Å². The molecule has 1 aromatic carbocycles. The number of benzene rings is 1.